The van der Waals surface area contributed by atoms with E-state index >= 15 is 0 Å². The molecule has 0 aliphatic carbocycles. The number of carbonyl (C=O) groups excluding carboxylic acids is 1. The highest BCUT2D eigenvalue weighted by molar-refractivity contribution is 5.94. The number of nitrogens with one attached hydrogen (secondary N) is 2. The molecule has 0 bridgehead atoms. The van der Waals surface area contributed by atoms with Crippen molar-refractivity contribution >= 4 is 11.6 Å². The van der Waals surface area contributed by atoms with Crippen molar-refractivity contribution in [1.29, 1.82) is 0 Å². The molecule has 1 atom stereocenters. The van der Waals surface area contributed by atoms with Crippen LogP contribution in [0.4, 0.5) is 5.69 Å². The number of benzene rings is 1. The molecule has 1 heterocycles. The number of hydrogen-bond acceptors (Lipinski definition) is 4. The Morgan fingerprint density at radius 1 is 1.33 bits per heavy atom. The second-order valence-corrected chi connectivity index (χ2v) is 5.00. The predicted molar refractivity (Wildman–Crippen MR) is 82.1 cm³/mol. The van der Waals surface area contributed by atoms with Gasteiger partial charge in [-0.1, -0.05) is 6.92 Å². The van der Waals surface area contributed by atoms with Gasteiger partial charge in [0.2, 0.25) is 0 Å². The summed E-state index contributed by atoms with van der Waals surface area (Å²) >= 11 is 0. The third kappa shape index (κ3) is 3.81. The lowest BCUT2D eigenvalue weighted by atomic mass is 10.1. The summed E-state index contributed by atoms with van der Waals surface area (Å²) in [5.41, 5.74) is 1.65. The van der Waals surface area contributed by atoms with Crippen LogP contribution in [0.1, 0.15) is 42.5 Å². The van der Waals surface area contributed by atoms with E-state index in [-0.39, 0.29) is 11.9 Å². The summed E-state index contributed by atoms with van der Waals surface area (Å²) in [5, 5.41) is 14.0. The number of aryl methyl sites for hydroxylation is 1. The van der Waals surface area contributed by atoms with E-state index < -0.39 is 0 Å². The van der Waals surface area contributed by atoms with Crippen molar-refractivity contribution in [3.63, 3.8) is 0 Å². The highest BCUT2D eigenvalue weighted by Gasteiger charge is 2.15. The molecule has 1 aromatic heterocycles. The Morgan fingerprint density at radius 3 is 2.62 bits per heavy atom. The minimum atomic E-state index is -0.192. The molecule has 21 heavy (non-hydrogen) atoms. The molecule has 0 saturated heterocycles. The first-order valence-electron chi connectivity index (χ1n) is 7.10. The van der Waals surface area contributed by atoms with Gasteiger partial charge in [-0.3, -0.25) is 4.79 Å². The van der Waals surface area contributed by atoms with Gasteiger partial charge in [0.25, 0.3) is 5.91 Å². The maximum Gasteiger partial charge on any atom is 0.251 e. The molecule has 1 amide bonds. The van der Waals surface area contributed by atoms with E-state index in [2.05, 4.69) is 27.8 Å². The van der Waals surface area contributed by atoms with Gasteiger partial charge in [0.1, 0.15) is 6.33 Å². The Bertz CT molecular complexity index is 590. The first kappa shape index (κ1) is 15.0. The number of carbonyl (C=O) groups is 1. The van der Waals surface area contributed by atoms with Crippen molar-refractivity contribution in [2.24, 2.45) is 7.05 Å². The van der Waals surface area contributed by atoms with E-state index in [1.807, 2.05) is 38.2 Å². The largest absolute Gasteiger partial charge is 0.385 e. The molecule has 0 fully saturated rings. The van der Waals surface area contributed by atoms with Crippen LogP contribution in [-0.2, 0) is 7.05 Å². The van der Waals surface area contributed by atoms with Crippen LogP contribution in [0.3, 0.4) is 0 Å². The highest BCUT2D eigenvalue weighted by atomic mass is 16.1. The third-order valence-electron chi connectivity index (χ3n) is 3.21. The van der Waals surface area contributed by atoms with E-state index in [0.717, 1.165) is 24.5 Å². The van der Waals surface area contributed by atoms with Gasteiger partial charge in [-0.2, -0.15) is 0 Å². The van der Waals surface area contributed by atoms with Gasteiger partial charge >= 0.3 is 0 Å². The monoisotopic (exact) mass is 287 g/mol. The minimum absolute atomic E-state index is 0.118. The lowest BCUT2D eigenvalue weighted by Gasteiger charge is -2.13. The second kappa shape index (κ2) is 6.88. The molecule has 0 aliphatic heterocycles. The first-order valence-corrected chi connectivity index (χ1v) is 7.10. The molecule has 0 radical (unpaired) electrons. The normalized spacial score (nSPS) is 12.0. The number of aromatic nitrogens is 3. The Kier molecular flexibility index (Phi) is 4.92. The Morgan fingerprint density at radius 2 is 2.05 bits per heavy atom. The zero-order valence-corrected chi connectivity index (χ0v) is 12.6. The number of rotatable bonds is 6. The van der Waals surface area contributed by atoms with Gasteiger partial charge in [0.15, 0.2) is 5.82 Å². The second-order valence-electron chi connectivity index (χ2n) is 5.00. The fourth-order valence-corrected chi connectivity index (χ4v) is 2.04. The average Bonchev–Trinajstić information content (AvgIpc) is 2.91. The zero-order valence-electron chi connectivity index (χ0n) is 12.6. The highest BCUT2D eigenvalue weighted by Crippen LogP contribution is 2.12. The summed E-state index contributed by atoms with van der Waals surface area (Å²) in [6.45, 7) is 4.93. The van der Waals surface area contributed by atoms with Crippen molar-refractivity contribution in [2.75, 3.05) is 11.9 Å². The molecule has 0 aliphatic rings. The van der Waals surface area contributed by atoms with Gasteiger partial charge in [-0.25, -0.2) is 0 Å². The molecule has 6 heteroatoms. The molecule has 6 nitrogen and oxygen atoms in total. The summed E-state index contributed by atoms with van der Waals surface area (Å²) in [7, 11) is 1.85. The summed E-state index contributed by atoms with van der Waals surface area (Å²) in [6.07, 6.45) is 2.68. The first-order chi connectivity index (χ1) is 10.1. The number of hydrogen-bond donors (Lipinski definition) is 2. The zero-order chi connectivity index (χ0) is 15.2. The molecule has 112 valence electrons. The summed E-state index contributed by atoms with van der Waals surface area (Å²) in [4.78, 5) is 12.2. The van der Waals surface area contributed by atoms with E-state index in [1.165, 1.54) is 0 Å². The predicted octanol–water partition coefficient (Wildman–Crippen LogP) is 2.13. The van der Waals surface area contributed by atoms with Gasteiger partial charge in [-0.05, 0) is 37.6 Å². The molecule has 2 N–H and O–H groups in total. The lowest BCUT2D eigenvalue weighted by molar-refractivity contribution is 0.0938. The van der Waals surface area contributed by atoms with Crippen molar-refractivity contribution in [3.05, 3.63) is 42.0 Å². The molecule has 0 spiro atoms. The van der Waals surface area contributed by atoms with Gasteiger partial charge in [-0.15, -0.1) is 10.2 Å². The van der Waals surface area contributed by atoms with Crippen LogP contribution in [-0.4, -0.2) is 27.2 Å². The molecule has 1 unspecified atom stereocenters. The molecule has 1 aromatic carbocycles. The Hall–Kier alpha value is -2.37. The van der Waals surface area contributed by atoms with Crippen LogP contribution in [0.15, 0.2) is 30.6 Å². The summed E-state index contributed by atoms with van der Waals surface area (Å²) < 4.78 is 1.79. The molecule has 0 saturated carbocycles. The summed E-state index contributed by atoms with van der Waals surface area (Å²) in [6, 6.07) is 7.27. The quantitative estimate of drug-likeness (QED) is 0.853. The van der Waals surface area contributed by atoms with Crippen LogP contribution < -0.4 is 10.6 Å². The Balaban J connectivity index is 1.98. The number of anilines is 1. The minimum Gasteiger partial charge on any atom is -0.385 e. The maximum atomic E-state index is 12.2. The average molecular weight is 287 g/mol. The van der Waals surface area contributed by atoms with Gasteiger partial charge in [0, 0.05) is 24.8 Å². The fourth-order valence-electron chi connectivity index (χ4n) is 2.04. The molecule has 2 rings (SSSR count). The van der Waals surface area contributed by atoms with Crippen LogP contribution in [0, 0.1) is 0 Å². The number of nitrogens with zero attached hydrogens (tertiary/aromatic N) is 3. The van der Waals surface area contributed by atoms with Crippen molar-refractivity contribution < 1.29 is 4.79 Å². The van der Waals surface area contributed by atoms with E-state index in [4.69, 9.17) is 0 Å². The SMILES string of the molecule is CCCNc1ccc(C(=O)NC(C)c2nncn2C)cc1. The fraction of sp³-hybridized carbons (Fsp3) is 0.400. The molecular formula is C15H21N5O. The maximum absolute atomic E-state index is 12.2. The van der Waals surface area contributed by atoms with E-state index in [1.54, 1.807) is 10.9 Å². The van der Waals surface area contributed by atoms with E-state index in [9.17, 15) is 4.79 Å². The third-order valence-corrected chi connectivity index (χ3v) is 3.21. The van der Waals surface area contributed by atoms with E-state index in [0.29, 0.717) is 5.56 Å². The standard InChI is InChI=1S/C15H21N5O/c1-4-9-16-13-7-5-12(6-8-13)15(21)18-11(2)14-19-17-10-20(14)3/h5-8,10-11,16H,4,9H2,1-3H3,(H,18,21). The Labute approximate surface area is 124 Å². The van der Waals surface area contributed by atoms with Crippen molar-refractivity contribution in [2.45, 2.75) is 26.3 Å². The molecular weight excluding hydrogens is 266 g/mol. The smallest absolute Gasteiger partial charge is 0.251 e. The van der Waals surface area contributed by atoms with Crippen molar-refractivity contribution in [1.82, 2.24) is 20.1 Å². The van der Waals surface area contributed by atoms with Gasteiger partial charge < -0.3 is 15.2 Å². The summed E-state index contributed by atoms with van der Waals surface area (Å²) in [5.74, 6) is 0.608. The van der Waals surface area contributed by atoms with Crippen LogP contribution in [0.5, 0.6) is 0 Å². The van der Waals surface area contributed by atoms with Crippen LogP contribution in [0.25, 0.3) is 0 Å². The van der Waals surface area contributed by atoms with Gasteiger partial charge in [0.05, 0.1) is 6.04 Å². The van der Waals surface area contributed by atoms with Crippen LogP contribution >= 0.6 is 0 Å². The lowest BCUT2D eigenvalue weighted by Crippen LogP contribution is -2.28. The molecule has 2 aromatic rings. The number of amides is 1. The topological polar surface area (TPSA) is 71.8 Å². The van der Waals surface area contributed by atoms with Crippen molar-refractivity contribution in [3.8, 4) is 0 Å². The van der Waals surface area contributed by atoms with Crippen LogP contribution in [0.2, 0.25) is 0 Å².